The van der Waals surface area contributed by atoms with Crippen LogP contribution < -0.4 is 5.32 Å². The van der Waals surface area contributed by atoms with Crippen LogP contribution in [0.1, 0.15) is 12.8 Å². The number of carbonyl (C=O) groups is 3. The molecule has 15 heavy (non-hydrogen) atoms. The molecule has 1 saturated heterocycles. The lowest BCUT2D eigenvalue weighted by atomic mass is 10.4. The van der Waals surface area contributed by atoms with E-state index >= 15 is 0 Å². The van der Waals surface area contributed by atoms with Gasteiger partial charge in [0.15, 0.2) is 0 Å². The van der Waals surface area contributed by atoms with Gasteiger partial charge in [-0.05, 0) is 12.8 Å². The van der Waals surface area contributed by atoms with Crippen molar-refractivity contribution in [3.8, 4) is 0 Å². The van der Waals surface area contributed by atoms with Crippen molar-refractivity contribution in [1.82, 2.24) is 10.2 Å². The van der Waals surface area contributed by atoms with Gasteiger partial charge >= 0.3 is 0 Å². The first kappa shape index (κ1) is 10.5. The Labute approximate surface area is 91.6 Å². The molecule has 1 aliphatic heterocycles. The molecule has 2 rings (SSSR count). The van der Waals surface area contributed by atoms with Crippen molar-refractivity contribution in [2.24, 2.45) is 5.92 Å². The highest BCUT2D eigenvalue weighted by atomic mass is 32.2. The molecule has 0 atom stereocenters. The number of nitrogens with one attached hydrogen (secondary N) is 1. The summed E-state index contributed by atoms with van der Waals surface area (Å²) in [6, 6.07) is 0. The molecule has 0 bridgehead atoms. The Hall–Kier alpha value is -1.04. The van der Waals surface area contributed by atoms with Crippen LogP contribution in [0.3, 0.4) is 0 Å². The molecular formula is C9H12N2O3S. The minimum atomic E-state index is -0.208. The third-order valence-corrected chi connectivity index (χ3v) is 3.28. The lowest BCUT2D eigenvalue weighted by molar-refractivity contribution is -0.126. The van der Waals surface area contributed by atoms with Crippen molar-refractivity contribution < 1.29 is 14.4 Å². The predicted octanol–water partition coefficient (Wildman–Crippen LogP) is 0.208. The highest BCUT2D eigenvalue weighted by Crippen LogP contribution is 2.28. The molecule has 1 aliphatic carbocycles. The summed E-state index contributed by atoms with van der Waals surface area (Å²) in [6.07, 6.45) is 1.92. The van der Waals surface area contributed by atoms with Crippen LogP contribution >= 0.6 is 11.8 Å². The Morgan fingerprint density at radius 3 is 2.73 bits per heavy atom. The molecule has 6 heteroatoms. The van der Waals surface area contributed by atoms with Gasteiger partial charge in [0.2, 0.25) is 11.8 Å². The summed E-state index contributed by atoms with van der Waals surface area (Å²) in [5.74, 6) is 0.284. The smallest absolute Gasteiger partial charge is 0.288 e. The zero-order valence-corrected chi connectivity index (χ0v) is 9.01. The zero-order chi connectivity index (χ0) is 10.8. The monoisotopic (exact) mass is 228 g/mol. The van der Waals surface area contributed by atoms with E-state index < -0.39 is 0 Å². The standard InChI is InChI=1S/C9H12N2O3S/c12-7-5-15-9(14)11(7)4-3-10-8(13)6-1-2-6/h6H,1-5H2,(H,10,13). The lowest BCUT2D eigenvalue weighted by Gasteiger charge is -2.12. The normalized spacial score (nSPS) is 20.9. The summed E-state index contributed by atoms with van der Waals surface area (Å²) < 4.78 is 0. The van der Waals surface area contributed by atoms with Gasteiger partial charge < -0.3 is 5.32 Å². The molecule has 5 nitrogen and oxygen atoms in total. The Bertz CT molecular complexity index is 298. The minimum Gasteiger partial charge on any atom is -0.354 e. The van der Waals surface area contributed by atoms with Gasteiger partial charge in [0.25, 0.3) is 5.24 Å². The van der Waals surface area contributed by atoms with E-state index in [1.54, 1.807) is 0 Å². The minimum absolute atomic E-state index is 0.0433. The number of imide groups is 1. The Balaban J connectivity index is 1.70. The first-order valence-electron chi connectivity index (χ1n) is 4.93. The van der Waals surface area contributed by atoms with Gasteiger partial charge in [-0.2, -0.15) is 0 Å². The Morgan fingerprint density at radius 2 is 2.20 bits per heavy atom. The van der Waals surface area contributed by atoms with Crippen LogP contribution in [-0.2, 0) is 9.59 Å². The molecule has 1 N–H and O–H groups in total. The Kier molecular flexibility index (Phi) is 2.95. The van der Waals surface area contributed by atoms with Crippen LogP contribution in [0.25, 0.3) is 0 Å². The van der Waals surface area contributed by atoms with Gasteiger partial charge in [-0.3, -0.25) is 19.3 Å². The fourth-order valence-electron chi connectivity index (χ4n) is 1.38. The molecule has 1 heterocycles. The Morgan fingerprint density at radius 1 is 1.47 bits per heavy atom. The van der Waals surface area contributed by atoms with Gasteiger partial charge in [0.05, 0.1) is 5.75 Å². The maximum atomic E-state index is 11.2. The molecule has 2 aliphatic rings. The number of carbonyl (C=O) groups excluding carboxylic acids is 3. The van der Waals surface area contributed by atoms with Crippen molar-refractivity contribution in [3.05, 3.63) is 0 Å². The molecule has 1 saturated carbocycles. The van der Waals surface area contributed by atoms with Gasteiger partial charge in [0, 0.05) is 19.0 Å². The summed E-state index contributed by atoms with van der Waals surface area (Å²) in [4.78, 5) is 34.8. The first-order valence-corrected chi connectivity index (χ1v) is 5.92. The third-order valence-electron chi connectivity index (χ3n) is 2.42. The number of thioether (sulfide) groups is 1. The first-order chi connectivity index (χ1) is 7.18. The van der Waals surface area contributed by atoms with Crippen molar-refractivity contribution in [3.63, 3.8) is 0 Å². The maximum absolute atomic E-state index is 11.2. The fraction of sp³-hybridized carbons (Fsp3) is 0.667. The summed E-state index contributed by atoms with van der Waals surface area (Å²) >= 11 is 1.02. The SMILES string of the molecule is O=C(NCCN1C(=O)CSC1=O)C1CC1. The molecular weight excluding hydrogens is 216 g/mol. The summed E-state index contributed by atoms with van der Waals surface area (Å²) in [6.45, 7) is 0.663. The van der Waals surface area contributed by atoms with Crippen LogP contribution in [0.5, 0.6) is 0 Å². The van der Waals surface area contributed by atoms with E-state index in [1.807, 2.05) is 0 Å². The molecule has 0 aromatic rings. The van der Waals surface area contributed by atoms with Gasteiger partial charge in [-0.15, -0.1) is 0 Å². The van der Waals surface area contributed by atoms with Crippen LogP contribution in [0, 0.1) is 5.92 Å². The number of hydrogen-bond donors (Lipinski definition) is 1. The van der Waals surface area contributed by atoms with Crippen molar-refractivity contribution in [1.29, 1.82) is 0 Å². The van der Waals surface area contributed by atoms with E-state index in [-0.39, 0.29) is 28.7 Å². The van der Waals surface area contributed by atoms with E-state index in [0.717, 1.165) is 24.6 Å². The second-order valence-corrected chi connectivity index (χ2v) is 4.59. The van der Waals surface area contributed by atoms with E-state index in [0.29, 0.717) is 13.1 Å². The van der Waals surface area contributed by atoms with Gasteiger partial charge in [-0.1, -0.05) is 11.8 Å². The molecule has 0 aromatic heterocycles. The van der Waals surface area contributed by atoms with E-state index in [9.17, 15) is 14.4 Å². The van der Waals surface area contributed by atoms with E-state index in [4.69, 9.17) is 0 Å². The lowest BCUT2D eigenvalue weighted by Crippen LogP contribution is -2.37. The van der Waals surface area contributed by atoms with Gasteiger partial charge in [-0.25, -0.2) is 0 Å². The van der Waals surface area contributed by atoms with Gasteiger partial charge in [0.1, 0.15) is 0 Å². The van der Waals surface area contributed by atoms with Crippen LogP contribution in [-0.4, -0.2) is 40.8 Å². The van der Waals surface area contributed by atoms with Crippen LogP contribution in [0.2, 0.25) is 0 Å². The molecule has 0 unspecified atom stereocenters. The molecule has 0 aromatic carbocycles. The largest absolute Gasteiger partial charge is 0.354 e. The topological polar surface area (TPSA) is 66.5 Å². The third kappa shape index (κ3) is 2.50. The van der Waals surface area contributed by atoms with Crippen molar-refractivity contribution in [2.45, 2.75) is 12.8 Å². The molecule has 0 radical (unpaired) electrons. The van der Waals surface area contributed by atoms with Crippen LogP contribution in [0.15, 0.2) is 0 Å². The number of amides is 3. The van der Waals surface area contributed by atoms with Crippen molar-refractivity contribution in [2.75, 3.05) is 18.8 Å². The second kappa shape index (κ2) is 4.22. The summed E-state index contributed by atoms with van der Waals surface area (Å²) in [5, 5.41) is 2.51. The summed E-state index contributed by atoms with van der Waals surface area (Å²) in [7, 11) is 0. The van der Waals surface area contributed by atoms with Crippen LogP contribution in [0.4, 0.5) is 4.79 Å². The summed E-state index contributed by atoms with van der Waals surface area (Å²) in [5.41, 5.74) is 0. The quantitative estimate of drug-likeness (QED) is 0.747. The molecule has 3 amide bonds. The number of rotatable bonds is 4. The molecule has 0 spiro atoms. The van der Waals surface area contributed by atoms with Crippen molar-refractivity contribution >= 4 is 28.8 Å². The highest BCUT2D eigenvalue weighted by molar-refractivity contribution is 8.14. The zero-order valence-electron chi connectivity index (χ0n) is 8.19. The second-order valence-electron chi connectivity index (χ2n) is 3.67. The average Bonchev–Trinajstić information content (AvgIpc) is 2.99. The number of nitrogens with zero attached hydrogens (tertiary/aromatic N) is 1. The molecule has 2 fully saturated rings. The number of hydrogen-bond acceptors (Lipinski definition) is 4. The maximum Gasteiger partial charge on any atom is 0.288 e. The fourth-order valence-corrected chi connectivity index (χ4v) is 2.13. The van der Waals surface area contributed by atoms with E-state index in [2.05, 4.69) is 5.32 Å². The molecule has 82 valence electrons. The predicted molar refractivity (Wildman–Crippen MR) is 55.3 cm³/mol. The average molecular weight is 228 g/mol. The highest BCUT2D eigenvalue weighted by Gasteiger charge is 2.31. The van der Waals surface area contributed by atoms with E-state index in [1.165, 1.54) is 4.90 Å².